The predicted octanol–water partition coefficient (Wildman–Crippen LogP) is 1.42. The average molecular weight is 235 g/mol. The van der Waals surface area contributed by atoms with Crippen LogP contribution in [0, 0.1) is 0 Å². The summed E-state index contributed by atoms with van der Waals surface area (Å²) in [5.74, 6) is -0.283. The molecule has 1 heterocycles. The van der Waals surface area contributed by atoms with Crippen LogP contribution in [-0.4, -0.2) is 23.6 Å². The van der Waals surface area contributed by atoms with Crippen LogP contribution in [0.1, 0.15) is 18.4 Å². The SMILES string of the molecule is O=C(O)CCc1ccc2c(c1)NC(=O)CCO2. The number of ether oxygens (including phenoxy) is 1. The fourth-order valence-electron chi connectivity index (χ4n) is 1.67. The van der Waals surface area contributed by atoms with E-state index in [0.717, 1.165) is 5.56 Å². The molecule has 1 amide bonds. The molecule has 0 saturated carbocycles. The molecule has 0 spiro atoms. The summed E-state index contributed by atoms with van der Waals surface area (Å²) < 4.78 is 5.40. The lowest BCUT2D eigenvalue weighted by molar-refractivity contribution is -0.137. The zero-order valence-electron chi connectivity index (χ0n) is 9.23. The van der Waals surface area contributed by atoms with Gasteiger partial charge in [0.2, 0.25) is 5.91 Å². The van der Waals surface area contributed by atoms with Crippen LogP contribution in [0.25, 0.3) is 0 Å². The number of aliphatic carboxylic acids is 1. The Bertz CT molecular complexity index is 456. The number of carboxylic acid groups (broad SMARTS) is 1. The highest BCUT2D eigenvalue weighted by Crippen LogP contribution is 2.28. The molecule has 2 rings (SSSR count). The number of nitrogens with one attached hydrogen (secondary N) is 1. The maximum Gasteiger partial charge on any atom is 0.303 e. The number of aryl methyl sites for hydroxylation is 1. The van der Waals surface area contributed by atoms with Crippen LogP contribution in [0.3, 0.4) is 0 Å². The van der Waals surface area contributed by atoms with Gasteiger partial charge < -0.3 is 15.2 Å². The van der Waals surface area contributed by atoms with E-state index in [9.17, 15) is 9.59 Å². The van der Waals surface area contributed by atoms with Gasteiger partial charge in [-0.1, -0.05) is 6.07 Å². The molecule has 0 radical (unpaired) electrons. The Morgan fingerprint density at radius 2 is 2.29 bits per heavy atom. The molecular weight excluding hydrogens is 222 g/mol. The van der Waals surface area contributed by atoms with Crippen LogP contribution in [-0.2, 0) is 16.0 Å². The van der Waals surface area contributed by atoms with Crippen molar-refractivity contribution in [1.82, 2.24) is 0 Å². The molecule has 0 saturated heterocycles. The number of rotatable bonds is 3. The van der Waals surface area contributed by atoms with Crippen LogP contribution in [0.5, 0.6) is 5.75 Å². The van der Waals surface area contributed by atoms with E-state index in [-0.39, 0.29) is 12.3 Å². The Morgan fingerprint density at radius 1 is 1.47 bits per heavy atom. The zero-order valence-corrected chi connectivity index (χ0v) is 9.23. The van der Waals surface area contributed by atoms with Crippen molar-refractivity contribution < 1.29 is 19.4 Å². The molecule has 0 aliphatic carbocycles. The second-order valence-corrected chi connectivity index (χ2v) is 3.87. The molecule has 1 aromatic rings. The number of fused-ring (bicyclic) bond motifs is 1. The summed E-state index contributed by atoms with van der Waals surface area (Å²) >= 11 is 0. The number of carbonyl (C=O) groups excluding carboxylic acids is 1. The summed E-state index contributed by atoms with van der Waals surface area (Å²) in [7, 11) is 0. The molecular formula is C12H13NO4. The van der Waals surface area contributed by atoms with Gasteiger partial charge in [-0.15, -0.1) is 0 Å². The average Bonchev–Trinajstić information content (AvgIpc) is 2.46. The minimum Gasteiger partial charge on any atom is -0.491 e. The fraction of sp³-hybridized carbons (Fsp3) is 0.333. The number of amides is 1. The molecule has 0 bridgehead atoms. The highest BCUT2D eigenvalue weighted by Gasteiger charge is 2.14. The third-order valence-electron chi connectivity index (χ3n) is 2.53. The topological polar surface area (TPSA) is 75.6 Å². The number of carboxylic acids is 1. The van der Waals surface area contributed by atoms with Gasteiger partial charge in [0.1, 0.15) is 5.75 Å². The monoisotopic (exact) mass is 235 g/mol. The summed E-state index contributed by atoms with van der Waals surface area (Å²) in [6.07, 6.45) is 0.852. The molecule has 5 nitrogen and oxygen atoms in total. The van der Waals surface area contributed by atoms with E-state index in [2.05, 4.69) is 5.32 Å². The Kier molecular flexibility index (Phi) is 3.27. The van der Waals surface area contributed by atoms with Gasteiger partial charge >= 0.3 is 5.97 Å². The molecule has 5 heteroatoms. The third kappa shape index (κ3) is 2.96. The lowest BCUT2D eigenvalue weighted by Gasteiger charge is -2.08. The van der Waals surface area contributed by atoms with E-state index in [4.69, 9.17) is 9.84 Å². The van der Waals surface area contributed by atoms with E-state index in [1.54, 1.807) is 12.1 Å². The molecule has 0 unspecified atom stereocenters. The van der Waals surface area contributed by atoms with Crippen LogP contribution in [0.15, 0.2) is 18.2 Å². The number of benzene rings is 1. The van der Waals surface area contributed by atoms with Crippen molar-refractivity contribution in [3.05, 3.63) is 23.8 Å². The summed E-state index contributed by atoms with van der Waals surface area (Å²) in [5, 5.41) is 11.3. The second kappa shape index (κ2) is 4.86. The summed E-state index contributed by atoms with van der Waals surface area (Å²) in [6.45, 7) is 0.368. The Labute approximate surface area is 98.4 Å². The number of anilines is 1. The second-order valence-electron chi connectivity index (χ2n) is 3.87. The minimum atomic E-state index is -0.833. The van der Waals surface area contributed by atoms with Crippen molar-refractivity contribution in [2.75, 3.05) is 11.9 Å². The first-order valence-corrected chi connectivity index (χ1v) is 5.42. The normalized spacial score (nSPS) is 14.2. The maximum atomic E-state index is 11.3. The predicted molar refractivity (Wildman–Crippen MR) is 61.1 cm³/mol. The fourth-order valence-corrected chi connectivity index (χ4v) is 1.67. The van der Waals surface area contributed by atoms with Gasteiger partial charge in [-0.25, -0.2) is 0 Å². The van der Waals surface area contributed by atoms with Crippen LogP contribution in [0.2, 0.25) is 0 Å². The van der Waals surface area contributed by atoms with Gasteiger partial charge in [0.25, 0.3) is 0 Å². The van der Waals surface area contributed by atoms with E-state index >= 15 is 0 Å². The molecule has 17 heavy (non-hydrogen) atoms. The first-order chi connectivity index (χ1) is 8.15. The van der Waals surface area contributed by atoms with Gasteiger partial charge in [-0.05, 0) is 24.1 Å². The first kappa shape index (κ1) is 11.4. The standard InChI is InChI=1S/C12H13NO4/c14-11-5-6-17-10-3-1-8(2-4-12(15)16)7-9(10)13-11/h1,3,7H,2,4-6H2,(H,13,14)(H,15,16). The molecule has 1 aromatic carbocycles. The van der Waals surface area contributed by atoms with Gasteiger partial charge in [0.15, 0.2) is 0 Å². The highest BCUT2D eigenvalue weighted by atomic mass is 16.5. The summed E-state index contributed by atoms with van der Waals surface area (Å²) in [5.41, 5.74) is 1.49. The molecule has 1 aliphatic heterocycles. The van der Waals surface area contributed by atoms with E-state index in [0.29, 0.717) is 30.9 Å². The Hall–Kier alpha value is -2.04. The van der Waals surface area contributed by atoms with Crippen molar-refractivity contribution in [2.24, 2.45) is 0 Å². The quantitative estimate of drug-likeness (QED) is 0.830. The van der Waals surface area contributed by atoms with Crippen LogP contribution in [0.4, 0.5) is 5.69 Å². The van der Waals surface area contributed by atoms with E-state index < -0.39 is 5.97 Å². The minimum absolute atomic E-state index is 0.0770. The third-order valence-corrected chi connectivity index (χ3v) is 2.53. The van der Waals surface area contributed by atoms with Crippen molar-refractivity contribution in [1.29, 1.82) is 0 Å². The highest BCUT2D eigenvalue weighted by molar-refractivity contribution is 5.93. The molecule has 1 aliphatic rings. The van der Waals surface area contributed by atoms with Crippen molar-refractivity contribution in [2.45, 2.75) is 19.3 Å². The Balaban J connectivity index is 2.17. The van der Waals surface area contributed by atoms with Crippen molar-refractivity contribution in [3.8, 4) is 5.75 Å². The largest absolute Gasteiger partial charge is 0.491 e. The van der Waals surface area contributed by atoms with Gasteiger partial charge in [-0.3, -0.25) is 9.59 Å². The van der Waals surface area contributed by atoms with Gasteiger partial charge in [0, 0.05) is 6.42 Å². The number of hydrogen-bond donors (Lipinski definition) is 2. The van der Waals surface area contributed by atoms with Crippen molar-refractivity contribution in [3.63, 3.8) is 0 Å². The van der Waals surface area contributed by atoms with Gasteiger partial charge in [-0.2, -0.15) is 0 Å². The molecule has 2 N–H and O–H groups in total. The van der Waals surface area contributed by atoms with Gasteiger partial charge in [0.05, 0.1) is 18.7 Å². The van der Waals surface area contributed by atoms with Crippen LogP contribution >= 0.6 is 0 Å². The smallest absolute Gasteiger partial charge is 0.303 e. The molecule has 90 valence electrons. The lowest BCUT2D eigenvalue weighted by atomic mass is 10.1. The van der Waals surface area contributed by atoms with Crippen LogP contribution < -0.4 is 10.1 Å². The first-order valence-electron chi connectivity index (χ1n) is 5.42. The Morgan fingerprint density at radius 3 is 3.06 bits per heavy atom. The number of hydrogen-bond acceptors (Lipinski definition) is 3. The van der Waals surface area contributed by atoms with Crippen molar-refractivity contribution >= 4 is 17.6 Å². The summed E-state index contributed by atoms with van der Waals surface area (Å²) in [4.78, 5) is 21.8. The lowest BCUT2D eigenvalue weighted by Crippen LogP contribution is -2.10. The molecule has 0 fully saturated rings. The maximum absolute atomic E-state index is 11.3. The zero-order chi connectivity index (χ0) is 12.3. The molecule has 0 aromatic heterocycles. The summed E-state index contributed by atoms with van der Waals surface area (Å²) in [6, 6.07) is 5.35. The molecule has 0 atom stereocenters. The van der Waals surface area contributed by atoms with E-state index in [1.165, 1.54) is 0 Å². The number of carbonyl (C=O) groups is 2. The van der Waals surface area contributed by atoms with E-state index in [1.807, 2.05) is 6.07 Å².